The molecule has 0 bridgehead atoms. The molecule has 1 rings (SSSR count). The zero-order valence-corrected chi connectivity index (χ0v) is 7.36. The molecule has 0 aliphatic rings. The average Bonchev–Trinajstić information content (AvgIpc) is 2.08. The number of hydrogen-bond acceptors (Lipinski definition) is 1. The summed E-state index contributed by atoms with van der Waals surface area (Å²) in [5.74, 6) is -0.692. The summed E-state index contributed by atoms with van der Waals surface area (Å²) in [6.07, 6.45) is 0. The van der Waals surface area contributed by atoms with Gasteiger partial charge in [0.15, 0.2) is 0 Å². The van der Waals surface area contributed by atoms with Crippen LogP contribution < -0.4 is 0 Å². The highest BCUT2D eigenvalue weighted by atomic mass is 35.5. The highest BCUT2D eigenvalue weighted by molar-refractivity contribution is 6.44. The van der Waals surface area contributed by atoms with Gasteiger partial charge in [0.1, 0.15) is 0 Å². The predicted molar refractivity (Wildman–Crippen MR) is 47.4 cm³/mol. The van der Waals surface area contributed by atoms with Crippen LogP contribution in [0.4, 0.5) is 0 Å². The van der Waals surface area contributed by atoms with Gasteiger partial charge in [0, 0.05) is 5.56 Å². The summed E-state index contributed by atoms with van der Waals surface area (Å²) < 4.78 is 0. The van der Waals surface area contributed by atoms with Gasteiger partial charge in [-0.05, 0) is 6.07 Å². The number of nitrogens with zero attached hydrogens (tertiary/aromatic N) is 1. The van der Waals surface area contributed by atoms with Crippen LogP contribution in [0, 0.1) is 6.57 Å². The standard InChI is InChI=1S/C8H3Cl2NO/c1-11-8(12)5-3-2-4-6(9)7(5)10/h2-4H. The minimum Gasteiger partial charge on any atom is -0.310 e. The van der Waals surface area contributed by atoms with Crippen molar-refractivity contribution < 1.29 is 4.79 Å². The van der Waals surface area contributed by atoms with E-state index >= 15 is 0 Å². The van der Waals surface area contributed by atoms with Crippen molar-refractivity contribution >= 4 is 29.1 Å². The van der Waals surface area contributed by atoms with Gasteiger partial charge in [-0.3, -0.25) is 0 Å². The van der Waals surface area contributed by atoms with Gasteiger partial charge in [0.2, 0.25) is 0 Å². The summed E-state index contributed by atoms with van der Waals surface area (Å²) in [4.78, 5) is 13.6. The molecule has 0 heterocycles. The Morgan fingerprint density at radius 3 is 2.67 bits per heavy atom. The minimum absolute atomic E-state index is 0.139. The lowest BCUT2D eigenvalue weighted by Crippen LogP contribution is -1.92. The Hall–Kier alpha value is -1.04. The monoisotopic (exact) mass is 199 g/mol. The fourth-order valence-corrected chi connectivity index (χ4v) is 1.11. The SMILES string of the molecule is [C-]#[N+]C(=O)c1cccc(Cl)c1Cl. The van der Waals surface area contributed by atoms with Crippen molar-refractivity contribution in [3.05, 3.63) is 45.2 Å². The number of benzene rings is 1. The maximum Gasteiger partial charge on any atom is 0.387 e. The molecule has 0 aromatic heterocycles. The second-order valence-corrected chi connectivity index (χ2v) is 2.80. The van der Waals surface area contributed by atoms with Gasteiger partial charge < -0.3 is 4.79 Å². The van der Waals surface area contributed by atoms with Crippen LogP contribution >= 0.6 is 23.2 Å². The van der Waals surface area contributed by atoms with Crippen molar-refractivity contribution in [2.75, 3.05) is 0 Å². The fraction of sp³-hybridized carbons (Fsp3) is 0. The van der Waals surface area contributed by atoms with Crippen LogP contribution in [0.15, 0.2) is 18.2 Å². The van der Waals surface area contributed by atoms with E-state index in [-0.39, 0.29) is 15.6 Å². The number of amides is 1. The molecule has 4 heteroatoms. The number of halogens is 2. The van der Waals surface area contributed by atoms with E-state index in [1.807, 2.05) is 0 Å². The highest BCUT2D eigenvalue weighted by Gasteiger charge is 2.11. The van der Waals surface area contributed by atoms with Gasteiger partial charge in [-0.25, -0.2) is 0 Å². The maximum atomic E-state index is 10.9. The Labute approximate surface area is 79.5 Å². The summed E-state index contributed by atoms with van der Waals surface area (Å²) >= 11 is 11.3. The van der Waals surface area contributed by atoms with Crippen molar-refractivity contribution in [2.24, 2.45) is 0 Å². The van der Waals surface area contributed by atoms with Crippen molar-refractivity contribution in [1.82, 2.24) is 0 Å². The third-order valence-corrected chi connectivity index (χ3v) is 2.10. The van der Waals surface area contributed by atoms with E-state index < -0.39 is 5.91 Å². The third kappa shape index (κ3) is 1.58. The lowest BCUT2D eigenvalue weighted by molar-refractivity contribution is 0.104. The van der Waals surface area contributed by atoms with Gasteiger partial charge in [-0.15, -0.1) is 0 Å². The summed E-state index contributed by atoms with van der Waals surface area (Å²) in [7, 11) is 0. The first kappa shape index (κ1) is 9.05. The lowest BCUT2D eigenvalue weighted by atomic mass is 10.2. The predicted octanol–water partition coefficient (Wildman–Crippen LogP) is 3.05. The second-order valence-electron chi connectivity index (χ2n) is 2.02. The van der Waals surface area contributed by atoms with Crippen molar-refractivity contribution in [3.63, 3.8) is 0 Å². The van der Waals surface area contributed by atoms with Crippen molar-refractivity contribution in [1.29, 1.82) is 0 Å². The van der Waals surface area contributed by atoms with Crippen molar-refractivity contribution in [3.8, 4) is 0 Å². The van der Waals surface area contributed by atoms with Crippen molar-refractivity contribution in [2.45, 2.75) is 0 Å². The van der Waals surface area contributed by atoms with Gasteiger partial charge in [0.25, 0.3) is 0 Å². The van der Waals surface area contributed by atoms with Gasteiger partial charge in [0.05, 0.1) is 16.6 Å². The molecular formula is C8H3Cl2NO. The molecule has 0 atom stereocenters. The van der Waals surface area contributed by atoms with E-state index in [0.717, 1.165) is 0 Å². The summed E-state index contributed by atoms with van der Waals surface area (Å²) in [6.45, 7) is 6.49. The molecule has 60 valence electrons. The fourth-order valence-electron chi connectivity index (χ4n) is 0.729. The molecule has 0 spiro atoms. The number of carbonyl (C=O) groups is 1. The Morgan fingerprint density at radius 2 is 2.08 bits per heavy atom. The minimum atomic E-state index is -0.692. The summed E-state index contributed by atoms with van der Waals surface area (Å²) in [5, 5.41) is 0.423. The number of rotatable bonds is 1. The van der Waals surface area contributed by atoms with Crippen LogP contribution in [0.5, 0.6) is 0 Å². The maximum absolute atomic E-state index is 10.9. The molecule has 0 saturated heterocycles. The summed E-state index contributed by atoms with van der Waals surface area (Å²) in [6, 6.07) is 4.60. The van der Waals surface area contributed by atoms with Crippen LogP contribution in [0.25, 0.3) is 4.85 Å². The molecule has 2 nitrogen and oxygen atoms in total. The molecule has 1 aromatic rings. The average molecular weight is 200 g/mol. The van der Waals surface area contributed by atoms with E-state index in [2.05, 4.69) is 4.85 Å². The first-order chi connectivity index (χ1) is 5.66. The second kappa shape index (κ2) is 3.57. The molecule has 0 fully saturated rings. The smallest absolute Gasteiger partial charge is 0.310 e. The molecule has 12 heavy (non-hydrogen) atoms. The molecule has 1 amide bonds. The quantitative estimate of drug-likeness (QED) is 0.638. The Balaban J connectivity index is 3.28. The zero-order chi connectivity index (χ0) is 9.14. The van der Waals surface area contributed by atoms with Crippen LogP contribution in [0.3, 0.4) is 0 Å². The zero-order valence-electron chi connectivity index (χ0n) is 5.84. The molecule has 0 aliphatic heterocycles. The van der Waals surface area contributed by atoms with Crippen LogP contribution in [0.2, 0.25) is 10.0 Å². The van der Waals surface area contributed by atoms with Crippen LogP contribution in [0.1, 0.15) is 10.4 Å². The highest BCUT2D eigenvalue weighted by Crippen LogP contribution is 2.25. The number of hydrogen-bond donors (Lipinski definition) is 0. The molecule has 1 aromatic carbocycles. The molecule has 0 radical (unpaired) electrons. The first-order valence-electron chi connectivity index (χ1n) is 3.02. The van der Waals surface area contributed by atoms with E-state index in [1.54, 1.807) is 12.1 Å². The third-order valence-electron chi connectivity index (χ3n) is 1.28. The van der Waals surface area contributed by atoms with E-state index in [9.17, 15) is 4.79 Å². The van der Waals surface area contributed by atoms with E-state index in [0.29, 0.717) is 0 Å². The number of carbonyl (C=O) groups excluding carboxylic acids is 1. The van der Waals surface area contributed by atoms with Crippen LogP contribution in [-0.2, 0) is 0 Å². The van der Waals surface area contributed by atoms with Gasteiger partial charge >= 0.3 is 5.91 Å². The van der Waals surface area contributed by atoms with E-state index in [1.165, 1.54) is 6.07 Å². The topological polar surface area (TPSA) is 21.4 Å². The largest absolute Gasteiger partial charge is 0.387 e. The van der Waals surface area contributed by atoms with Gasteiger partial charge in [-0.2, -0.15) is 4.85 Å². The molecule has 0 unspecified atom stereocenters. The molecule has 0 aliphatic carbocycles. The Bertz CT molecular complexity index is 368. The normalized spacial score (nSPS) is 9.08. The Kier molecular flexibility index (Phi) is 2.69. The van der Waals surface area contributed by atoms with Crippen LogP contribution in [-0.4, -0.2) is 5.91 Å². The summed E-state index contributed by atoms with van der Waals surface area (Å²) in [5.41, 5.74) is 0.152. The molecule has 0 N–H and O–H groups in total. The van der Waals surface area contributed by atoms with E-state index in [4.69, 9.17) is 29.8 Å². The first-order valence-corrected chi connectivity index (χ1v) is 3.78. The molecular weight excluding hydrogens is 197 g/mol. The lowest BCUT2D eigenvalue weighted by Gasteiger charge is -1.98. The molecule has 0 saturated carbocycles. The van der Waals surface area contributed by atoms with Gasteiger partial charge in [-0.1, -0.05) is 35.3 Å². The Morgan fingerprint density at radius 1 is 1.42 bits per heavy atom.